The van der Waals surface area contributed by atoms with Crippen molar-refractivity contribution in [2.45, 2.75) is 103 Å². The van der Waals surface area contributed by atoms with Crippen molar-refractivity contribution >= 4 is 0 Å². The molecule has 3 N–H and O–H groups in total. The van der Waals surface area contributed by atoms with Gasteiger partial charge in [0.25, 0.3) is 0 Å². The average Bonchev–Trinajstić information content (AvgIpc) is 2.61. The number of rotatable bonds is 18. The molecule has 3 nitrogen and oxygen atoms in total. The first kappa shape index (κ1) is 23.6. The summed E-state index contributed by atoms with van der Waals surface area (Å²) in [4.78, 5) is 0. The molecule has 0 aliphatic heterocycles. The molecular formula is C21H42O3. The van der Waals surface area contributed by atoms with E-state index in [1.54, 1.807) is 0 Å². The second-order valence-electron chi connectivity index (χ2n) is 7.03. The molecule has 24 heavy (non-hydrogen) atoms. The molecule has 0 aromatic rings. The molecule has 0 heterocycles. The summed E-state index contributed by atoms with van der Waals surface area (Å²) in [6.45, 7) is 1.93. The van der Waals surface area contributed by atoms with Gasteiger partial charge in [-0.2, -0.15) is 0 Å². The van der Waals surface area contributed by atoms with E-state index in [2.05, 4.69) is 6.92 Å². The number of aliphatic hydroxyl groups excluding tert-OH is 3. The fraction of sp³-hybridized carbons (Fsp3) is 0.905. The van der Waals surface area contributed by atoms with Crippen LogP contribution in [0.1, 0.15) is 103 Å². The summed E-state index contributed by atoms with van der Waals surface area (Å²) in [5, 5.41) is 27.5. The monoisotopic (exact) mass is 342 g/mol. The average molecular weight is 343 g/mol. The van der Waals surface area contributed by atoms with Crippen LogP contribution in [0.15, 0.2) is 11.1 Å². The minimum Gasteiger partial charge on any atom is -0.392 e. The third-order valence-electron chi connectivity index (χ3n) is 4.90. The molecule has 0 saturated heterocycles. The molecule has 0 rings (SSSR count). The SMILES string of the molecule is CCCCCCCCCCCCCCCCC(CO)=C(CO)CO. The van der Waals surface area contributed by atoms with Crippen molar-refractivity contribution in [3.05, 3.63) is 11.1 Å². The standard InChI is InChI=1S/C21H42O3/c1-2-3-4-5-6-7-8-9-10-11-12-13-14-15-16-20(17-22)21(18-23)19-24/h22-24H,2-19H2,1H3. The molecule has 0 radical (unpaired) electrons. The van der Waals surface area contributed by atoms with Crippen molar-refractivity contribution in [1.29, 1.82) is 0 Å². The highest BCUT2D eigenvalue weighted by Gasteiger charge is 2.04. The summed E-state index contributed by atoms with van der Waals surface area (Å²) in [6, 6.07) is 0. The smallest absolute Gasteiger partial charge is 0.0667 e. The summed E-state index contributed by atoms with van der Waals surface area (Å²) in [7, 11) is 0. The van der Waals surface area contributed by atoms with E-state index in [1.807, 2.05) is 0 Å². The minimum absolute atomic E-state index is 0.0467. The first-order valence-electron chi connectivity index (χ1n) is 10.3. The highest BCUT2D eigenvalue weighted by Crippen LogP contribution is 2.16. The van der Waals surface area contributed by atoms with Crippen molar-refractivity contribution in [1.82, 2.24) is 0 Å². The van der Waals surface area contributed by atoms with Crippen LogP contribution < -0.4 is 0 Å². The predicted octanol–water partition coefficient (Wildman–Crippen LogP) is 5.13. The molecule has 3 heteroatoms. The predicted molar refractivity (Wildman–Crippen MR) is 103 cm³/mol. The number of hydrogen-bond donors (Lipinski definition) is 3. The van der Waals surface area contributed by atoms with E-state index in [0.29, 0.717) is 5.57 Å². The summed E-state index contributed by atoms with van der Waals surface area (Å²) in [5.74, 6) is 0. The van der Waals surface area contributed by atoms with Gasteiger partial charge in [-0.15, -0.1) is 0 Å². The molecule has 0 atom stereocenters. The molecule has 0 amide bonds. The van der Waals surface area contributed by atoms with Crippen LogP contribution in [0, 0.1) is 0 Å². The second kappa shape index (κ2) is 19.0. The molecule has 0 spiro atoms. The topological polar surface area (TPSA) is 60.7 Å². The molecule has 0 aromatic carbocycles. The van der Waals surface area contributed by atoms with Crippen molar-refractivity contribution < 1.29 is 15.3 Å². The van der Waals surface area contributed by atoms with Crippen molar-refractivity contribution in [2.75, 3.05) is 19.8 Å². The lowest BCUT2D eigenvalue weighted by Gasteiger charge is -2.09. The third-order valence-corrected chi connectivity index (χ3v) is 4.90. The lowest BCUT2D eigenvalue weighted by molar-refractivity contribution is 0.264. The zero-order valence-electron chi connectivity index (χ0n) is 16.1. The van der Waals surface area contributed by atoms with E-state index in [4.69, 9.17) is 10.2 Å². The van der Waals surface area contributed by atoms with Gasteiger partial charge in [-0.1, -0.05) is 90.4 Å². The Labute approximate surface area is 150 Å². The van der Waals surface area contributed by atoms with Gasteiger partial charge in [0.2, 0.25) is 0 Å². The van der Waals surface area contributed by atoms with Crippen molar-refractivity contribution in [3.8, 4) is 0 Å². The Balaban J connectivity index is 3.35. The molecule has 0 fully saturated rings. The normalized spacial score (nSPS) is 11.0. The summed E-state index contributed by atoms with van der Waals surface area (Å²) in [5.41, 5.74) is 1.41. The quantitative estimate of drug-likeness (QED) is 0.239. The number of hydrogen-bond acceptors (Lipinski definition) is 3. The summed E-state index contributed by atoms with van der Waals surface area (Å²) < 4.78 is 0. The Kier molecular flexibility index (Phi) is 18.7. The molecule has 0 unspecified atom stereocenters. The van der Waals surface area contributed by atoms with E-state index in [1.165, 1.54) is 83.5 Å². The summed E-state index contributed by atoms with van der Waals surface area (Å²) >= 11 is 0. The van der Waals surface area contributed by atoms with Crippen LogP contribution in [-0.2, 0) is 0 Å². The van der Waals surface area contributed by atoms with E-state index >= 15 is 0 Å². The van der Waals surface area contributed by atoms with Gasteiger partial charge < -0.3 is 15.3 Å². The van der Waals surface area contributed by atoms with Gasteiger partial charge in [0.1, 0.15) is 0 Å². The highest BCUT2D eigenvalue weighted by atomic mass is 16.3. The fourth-order valence-corrected chi connectivity index (χ4v) is 3.17. The third kappa shape index (κ3) is 14.0. The van der Waals surface area contributed by atoms with Crippen LogP contribution in [-0.4, -0.2) is 35.1 Å². The van der Waals surface area contributed by atoms with Crippen LogP contribution in [0.2, 0.25) is 0 Å². The Morgan fingerprint density at radius 3 is 1.12 bits per heavy atom. The molecular weight excluding hydrogens is 300 g/mol. The zero-order chi connectivity index (χ0) is 17.9. The first-order valence-corrected chi connectivity index (χ1v) is 10.3. The van der Waals surface area contributed by atoms with Crippen LogP contribution >= 0.6 is 0 Å². The van der Waals surface area contributed by atoms with E-state index in [0.717, 1.165) is 18.4 Å². The molecule has 144 valence electrons. The Hall–Kier alpha value is -0.380. The maximum absolute atomic E-state index is 9.28. The maximum Gasteiger partial charge on any atom is 0.0667 e. The maximum atomic E-state index is 9.28. The second-order valence-corrected chi connectivity index (χ2v) is 7.03. The first-order chi connectivity index (χ1) is 11.8. The van der Waals surface area contributed by atoms with Crippen LogP contribution in [0.4, 0.5) is 0 Å². The van der Waals surface area contributed by atoms with E-state index < -0.39 is 0 Å². The fourth-order valence-electron chi connectivity index (χ4n) is 3.17. The zero-order valence-corrected chi connectivity index (χ0v) is 16.1. The molecule has 0 aliphatic rings. The molecule has 0 bridgehead atoms. The Morgan fingerprint density at radius 1 is 0.458 bits per heavy atom. The van der Waals surface area contributed by atoms with Crippen LogP contribution in [0.3, 0.4) is 0 Å². The van der Waals surface area contributed by atoms with Crippen LogP contribution in [0.25, 0.3) is 0 Å². The van der Waals surface area contributed by atoms with Gasteiger partial charge in [0.15, 0.2) is 0 Å². The van der Waals surface area contributed by atoms with Gasteiger partial charge in [-0.3, -0.25) is 0 Å². The minimum atomic E-state index is -0.148. The highest BCUT2D eigenvalue weighted by molar-refractivity contribution is 5.15. The largest absolute Gasteiger partial charge is 0.392 e. The Bertz CT molecular complexity index is 281. The van der Waals surface area contributed by atoms with Gasteiger partial charge in [-0.25, -0.2) is 0 Å². The lowest BCUT2D eigenvalue weighted by Crippen LogP contribution is -2.05. The van der Waals surface area contributed by atoms with Crippen molar-refractivity contribution in [3.63, 3.8) is 0 Å². The van der Waals surface area contributed by atoms with Gasteiger partial charge >= 0.3 is 0 Å². The van der Waals surface area contributed by atoms with Gasteiger partial charge in [0.05, 0.1) is 19.8 Å². The molecule has 0 saturated carbocycles. The van der Waals surface area contributed by atoms with E-state index in [9.17, 15) is 5.11 Å². The molecule has 0 aromatic heterocycles. The molecule has 0 aliphatic carbocycles. The lowest BCUT2D eigenvalue weighted by atomic mass is 10.0. The van der Waals surface area contributed by atoms with Crippen LogP contribution in [0.5, 0.6) is 0 Å². The summed E-state index contributed by atoms with van der Waals surface area (Å²) in [6.07, 6.45) is 19.5. The van der Waals surface area contributed by atoms with E-state index in [-0.39, 0.29) is 19.8 Å². The number of aliphatic hydroxyl groups is 3. The van der Waals surface area contributed by atoms with Crippen molar-refractivity contribution in [2.24, 2.45) is 0 Å². The number of unbranched alkanes of at least 4 members (excludes halogenated alkanes) is 13. The van der Waals surface area contributed by atoms with Gasteiger partial charge in [-0.05, 0) is 24.0 Å². The van der Waals surface area contributed by atoms with Gasteiger partial charge in [0, 0.05) is 0 Å². The Morgan fingerprint density at radius 2 is 0.792 bits per heavy atom.